The van der Waals surface area contributed by atoms with Gasteiger partial charge in [0.2, 0.25) is 0 Å². The van der Waals surface area contributed by atoms with Gasteiger partial charge in [0, 0.05) is 35.6 Å². The Labute approximate surface area is 188 Å². The van der Waals surface area contributed by atoms with Crippen molar-refractivity contribution in [1.29, 1.82) is 0 Å². The minimum Gasteiger partial charge on any atom is -0.466 e. The van der Waals surface area contributed by atoms with E-state index in [9.17, 15) is 4.79 Å². The first-order valence-corrected chi connectivity index (χ1v) is 11.3. The van der Waals surface area contributed by atoms with E-state index >= 15 is 0 Å². The van der Waals surface area contributed by atoms with E-state index in [1.165, 1.54) is 22.1 Å². The predicted molar refractivity (Wildman–Crippen MR) is 128 cm³/mol. The summed E-state index contributed by atoms with van der Waals surface area (Å²) < 4.78 is 5.39. The van der Waals surface area contributed by atoms with Gasteiger partial charge in [0.05, 0.1) is 19.1 Å². The van der Waals surface area contributed by atoms with Crippen LogP contribution >= 0.6 is 0 Å². The molecule has 1 N–H and O–H groups in total. The number of aromatic nitrogens is 1. The van der Waals surface area contributed by atoms with Gasteiger partial charge in [0.15, 0.2) is 0 Å². The molecule has 3 aromatic carbocycles. The molecular formula is C28H28N2O2. The zero-order valence-corrected chi connectivity index (χ0v) is 18.3. The van der Waals surface area contributed by atoms with Crippen molar-refractivity contribution in [1.82, 2.24) is 9.88 Å². The summed E-state index contributed by atoms with van der Waals surface area (Å²) in [5, 5.41) is 1.19. The molecular weight excluding hydrogens is 396 g/mol. The number of rotatable bonds is 7. The van der Waals surface area contributed by atoms with E-state index in [2.05, 4.69) is 94.8 Å². The molecule has 0 saturated carbocycles. The number of aromatic amines is 1. The van der Waals surface area contributed by atoms with Crippen LogP contribution in [0.2, 0.25) is 0 Å². The van der Waals surface area contributed by atoms with Gasteiger partial charge >= 0.3 is 5.97 Å². The Morgan fingerprint density at radius 2 is 1.59 bits per heavy atom. The highest BCUT2D eigenvalue weighted by molar-refractivity contribution is 5.85. The van der Waals surface area contributed by atoms with Gasteiger partial charge in [-0.05, 0) is 35.7 Å². The van der Waals surface area contributed by atoms with E-state index in [-0.39, 0.29) is 17.4 Å². The number of benzene rings is 3. The number of fused-ring (bicyclic) bond motifs is 1. The van der Waals surface area contributed by atoms with Crippen LogP contribution in [0.4, 0.5) is 0 Å². The number of hydrogen-bond acceptors (Lipinski definition) is 3. The molecule has 0 atom stereocenters. The molecule has 1 fully saturated rings. The summed E-state index contributed by atoms with van der Waals surface area (Å²) in [7, 11) is 0. The van der Waals surface area contributed by atoms with E-state index in [4.69, 9.17) is 4.74 Å². The van der Waals surface area contributed by atoms with Gasteiger partial charge in [-0.2, -0.15) is 0 Å². The van der Waals surface area contributed by atoms with Crippen LogP contribution in [0.5, 0.6) is 0 Å². The van der Waals surface area contributed by atoms with Gasteiger partial charge in [0.25, 0.3) is 0 Å². The lowest BCUT2D eigenvalue weighted by Gasteiger charge is -2.53. The maximum atomic E-state index is 12.7. The van der Waals surface area contributed by atoms with Crippen LogP contribution in [0.3, 0.4) is 0 Å². The van der Waals surface area contributed by atoms with Gasteiger partial charge in [0.1, 0.15) is 0 Å². The first-order chi connectivity index (χ1) is 15.7. The Kier molecular flexibility index (Phi) is 5.54. The monoisotopic (exact) mass is 424 g/mol. The van der Waals surface area contributed by atoms with E-state index in [1.54, 1.807) is 0 Å². The van der Waals surface area contributed by atoms with Crippen LogP contribution in [0.25, 0.3) is 10.9 Å². The lowest BCUT2D eigenvalue weighted by Crippen LogP contribution is -2.61. The van der Waals surface area contributed by atoms with Gasteiger partial charge in [-0.25, -0.2) is 0 Å². The third kappa shape index (κ3) is 3.71. The molecule has 1 aliphatic rings. The molecule has 4 aromatic rings. The molecule has 2 heterocycles. The topological polar surface area (TPSA) is 45.3 Å². The van der Waals surface area contributed by atoms with Gasteiger partial charge in [-0.1, -0.05) is 72.8 Å². The number of carbonyl (C=O) groups excluding carboxylic acids is 1. The summed E-state index contributed by atoms with van der Waals surface area (Å²) in [4.78, 5) is 18.5. The fraction of sp³-hybridized carbons (Fsp3) is 0.250. The molecule has 32 heavy (non-hydrogen) atoms. The normalized spacial score (nSPS) is 15.6. The fourth-order valence-electron chi connectivity index (χ4n) is 5.21. The molecule has 0 amide bonds. The summed E-state index contributed by atoms with van der Waals surface area (Å²) >= 11 is 0. The molecule has 1 aliphatic heterocycles. The summed E-state index contributed by atoms with van der Waals surface area (Å²) in [5.41, 5.74) is 4.59. The van der Waals surface area contributed by atoms with E-state index in [1.807, 2.05) is 13.1 Å². The smallest absolute Gasteiger partial charge is 0.306 e. The molecule has 0 spiro atoms. The Morgan fingerprint density at radius 1 is 0.938 bits per heavy atom. The second kappa shape index (κ2) is 8.64. The molecule has 0 radical (unpaired) electrons. The average Bonchev–Trinajstić information content (AvgIpc) is 3.28. The van der Waals surface area contributed by atoms with E-state index in [0.717, 1.165) is 18.6 Å². The Hall–Kier alpha value is -3.37. The van der Waals surface area contributed by atoms with Crippen molar-refractivity contribution in [3.8, 4) is 0 Å². The van der Waals surface area contributed by atoms with Crippen LogP contribution in [-0.2, 0) is 14.9 Å². The van der Waals surface area contributed by atoms with Crippen LogP contribution in [0.15, 0.2) is 91.1 Å². The first-order valence-electron chi connectivity index (χ1n) is 11.3. The van der Waals surface area contributed by atoms with Crippen molar-refractivity contribution < 1.29 is 9.53 Å². The Bertz CT molecular complexity index is 1150. The van der Waals surface area contributed by atoms with Crippen molar-refractivity contribution in [3.63, 3.8) is 0 Å². The van der Waals surface area contributed by atoms with Crippen molar-refractivity contribution in [2.24, 2.45) is 0 Å². The third-order valence-electron chi connectivity index (χ3n) is 6.56. The SMILES string of the molecule is CCOC(=O)CC1(c2cccc3[nH]ccc23)CN(C(c2ccccc2)c2ccccc2)C1. The number of hydrogen-bond donors (Lipinski definition) is 1. The third-order valence-corrected chi connectivity index (χ3v) is 6.56. The Morgan fingerprint density at radius 3 is 2.22 bits per heavy atom. The molecule has 4 nitrogen and oxygen atoms in total. The maximum Gasteiger partial charge on any atom is 0.306 e. The highest BCUT2D eigenvalue weighted by Crippen LogP contribution is 2.46. The standard InChI is InChI=1S/C28H28N2O2/c1-2-32-26(31)18-28(24-14-9-15-25-23(24)16-17-29-25)19-30(20-28)27(21-10-5-3-6-11-21)22-12-7-4-8-13-22/h3-17,27,29H,2,18-20H2,1H3. The zero-order chi connectivity index (χ0) is 22.0. The molecule has 1 aromatic heterocycles. The fourth-order valence-corrected chi connectivity index (χ4v) is 5.21. The minimum absolute atomic E-state index is 0.129. The van der Waals surface area contributed by atoms with Crippen molar-refractivity contribution in [2.45, 2.75) is 24.8 Å². The zero-order valence-electron chi connectivity index (χ0n) is 18.3. The first kappa shape index (κ1) is 20.5. The second-order valence-corrected chi connectivity index (χ2v) is 8.64. The number of nitrogens with zero attached hydrogens (tertiary/aromatic N) is 1. The number of likely N-dealkylation sites (tertiary alicyclic amines) is 1. The minimum atomic E-state index is -0.268. The largest absolute Gasteiger partial charge is 0.466 e. The average molecular weight is 425 g/mol. The number of H-pyrrole nitrogens is 1. The molecule has 5 rings (SSSR count). The molecule has 0 bridgehead atoms. The van der Waals surface area contributed by atoms with Crippen molar-refractivity contribution in [3.05, 3.63) is 108 Å². The Balaban J connectivity index is 1.53. The molecule has 0 aliphatic carbocycles. The molecule has 1 saturated heterocycles. The second-order valence-electron chi connectivity index (χ2n) is 8.64. The molecule has 0 unspecified atom stereocenters. The van der Waals surface area contributed by atoms with Crippen molar-refractivity contribution in [2.75, 3.05) is 19.7 Å². The van der Waals surface area contributed by atoms with Crippen LogP contribution in [0.1, 0.15) is 36.1 Å². The number of nitrogens with one attached hydrogen (secondary N) is 1. The summed E-state index contributed by atoms with van der Waals surface area (Å²) in [6.45, 7) is 3.87. The van der Waals surface area contributed by atoms with Crippen LogP contribution in [-0.4, -0.2) is 35.5 Å². The molecule has 162 valence electrons. The van der Waals surface area contributed by atoms with Gasteiger partial charge < -0.3 is 9.72 Å². The van der Waals surface area contributed by atoms with E-state index < -0.39 is 0 Å². The van der Waals surface area contributed by atoms with Gasteiger partial charge in [-0.3, -0.25) is 9.69 Å². The van der Waals surface area contributed by atoms with Crippen LogP contribution < -0.4 is 0 Å². The summed E-state index contributed by atoms with van der Waals surface area (Å²) in [6, 6.07) is 29.9. The highest BCUT2D eigenvalue weighted by atomic mass is 16.5. The molecule has 4 heteroatoms. The van der Waals surface area contributed by atoms with Crippen LogP contribution in [0, 0.1) is 0 Å². The summed E-state index contributed by atoms with van der Waals surface area (Å²) in [6.07, 6.45) is 2.36. The number of esters is 1. The predicted octanol–water partition coefficient (Wildman–Crippen LogP) is 5.46. The quantitative estimate of drug-likeness (QED) is 0.401. The van der Waals surface area contributed by atoms with E-state index in [0.29, 0.717) is 13.0 Å². The lowest BCUT2D eigenvalue weighted by molar-refractivity contribution is -0.147. The number of carbonyl (C=O) groups is 1. The maximum absolute atomic E-state index is 12.7. The van der Waals surface area contributed by atoms with Crippen molar-refractivity contribution >= 4 is 16.9 Å². The summed E-state index contributed by atoms with van der Waals surface area (Å²) in [5.74, 6) is -0.129. The van der Waals surface area contributed by atoms with Gasteiger partial charge in [-0.15, -0.1) is 0 Å². The highest BCUT2D eigenvalue weighted by Gasteiger charge is 2.49. The number of ether oxygens (including phenoxy) is 1. The lowest BCUT2D eigenvalue weighted by atomic mass is 9.69.